The molecule has 7 nitrogen and oxygen atoms in total. The molecule has 23 heavy (non-hydrogen) atoms. The van der Waals surface area contributed by atoms with Crippen LogP contribution < -0.4 is 15.8 Å². The molecule has 0 saturated carbocycles. The molecule has 0 radical (unpaired) electrons. The van der Waals surface area contributed by atoms with Gasteiger partial charge in [0.1, 0.15) is 5.75 Å². The summed E-state index contributed by atoms with van der Waals surface area (Å²) in [5, 5.41) is 2.96. The number of methoxy groups -OCH3 is 1. The lowest BCUT2D eigenvalue weighted by Crippen LogP contribution is -2.31. The van der Waals surface area contributed by atoms with E-state index >= 15 is 0 Å². The molecule has 0 unspecified atom stereocenters. The summed E-state index contributed by atoms with van der Waals surface area (Å²) < 4.78 is 29.4. The minimum Gasteiger partial charge on any atom is -0.497 e. The van der Waals surface area contributed by atoms with Crippen LogP contribution in [0.4, 0.5) is 5.69 Å². The van der Waals surface area contributed by atoms with Crippen molar-refractivity contribution in [3.05, 3.63) is 24.3 Å². The van der Waals surface area contributed by atoms with Gasteiger partial charge in [-0.15, -0.1) is 24.0 Å². The molecule has 0 saturated heterocycles. The smallest absolute Gasteiger partial charge is 0.211 e. The van der Waals surface area contributed by atoms with Crippen LogP contribution in [0.25, 0.3) is 0 Å². The van der Waals surface area contributed by atoms with E-state index in [1.165, 1.54) is 10.6 Å². The molecule has 9 heteroatoms. The van der Waals surface area contributed by atoms with E-state index in [1.54, 1.807) is 7.11 Å². The average Bonchev–Trinajstić information content (AvgIpc) is 2.46. The first-order valence-corrected chi connectivity index (χ1v) is 8.87. The van der Waals surface area contributed by atoms with E-state index in [0.29, 0.717) is 26.1 Å². The van der Waals surface area contributed by atoms with Gasteiger partial charge < -0.3 is 15.8 Å². The van der Waals surface area contributed by atoms with Crippen LogP contribution in [-0.2, 0) is 10.0 Å². The third-order valence-electron chi connectivity index (χ3n) is 3.01. The molecule has 3 N–H and O–H groups in total. The molecular weight excluding hydrogens is 431 g/mol. The Kier molecular flexibility index (Phi) is 10.2. The summed E-state index contributed by atoms with van der Waals surface area (Å²) in [7, 11) is -1.55. The zero-order valence-electron chi connectivity index (χ0n) is 13.7. The third kappa shape index (κ3) is 8.37. The predicted molar refractivity (Wildman–Crippen MR) is 105 cm³/mol. The highest BCUT2D eigenvalue weighted by Gasteiger charge is 2.12. The minimum absolute atomic E-state index is 0. The van der Waals surface area contributed by atoms with E-state index in [4.69, 9.17) is 10.5 Å². The zero-order chi connectivity index (χ0) is 16.6. The molecular formula is C14H25IN4O3S. The van der Waals surface area contributed by atoms with Crippen LogP contribution in [0.1, 0.15) is 13.3 Å². The van der Waals surface area contributed by atoms with Gasteiger partial charge in [0.2, 0.25) is 10.0 Å². The van der Waals surface area contributed by atoms with Crippen molar-refractivity contribution in [3.8, 4) is 5.75 Å². The first kappa shape index (κ1) is 21.9. The quantitative estimate of drug-likeness (QED) is 0.269. The number of anilines is 1. The Hall–Kier alpha value is -1.07. The number of hydrogen-bond acceptors (Lipinski definition) is 4. The Morgan fingerprint density at radius 3 is 2.70 bits per heavy atom. The van der Waals surface area contributed by atoms with E-state index in [-0.39, 0.29) is 29.9 Å². The van der Waals surface area contributed by atoms with Gasteiger partial charge in [-0.3, -0.25) is 4.99 Å². The summed E-state index contributed by atoms with van der Waals surface area (Å²) >= 11 is 0. The number of guanidine groups is 1. The number of nitrogens with two attached hydrogens (primary N) is 1. The number of nitrogens with zero attached hydrogens (tertiary/aromatic N) is 2. The van der Waals surface area contributed by atoms with Crippen molar-refractivity contribution in [2.45, 2.75) is 13.3 Å². The van der Waals surface area contributed by atoms with Crippen LogP contribution in [0.3, 0.4) is 0 Å². The Morgan fingerprint density at radius 1 is 1.43 bits per heavy atom. The number of aliphatic imine (C=N–C) groups is 1. The second kappa shape index (κ2) is 10.7. The first-order valence-electron chi connectivity index (χ1n) is 7.03. The number of benzene rings is 1. The second-order valence-corrected chi connectivity index (χ2v) is 6.71. The highest BCUT2D eigenvalue weighted by atomic mass is 127. The lowest BCUT2D eigenvalue weighted by atomic mass is 10.3. The van der Waals surface area contributed by atoms with Crippen molar-refractivity contribution in [3.63, 3.8) is 0 Å². The molecule has 1 rings (SSSR count). The van der Waals surface area contributed by atoms with Crippen LogP contribution in [-0.4, -0.2) is 51.7 Å². The third-order valence-corrected chi connectivity index (χ3v) is 4.39. The van der Waals surface area contributed by atoms with Crippen molar-refractivity contribution < 1.29 is 13.2 Å². The van der Waals surface area contributed by atoms with Crippen LogP contribution in [0.5, 0.6) is 5.75 Å². The van der Waals surface area contributed by atoms with Crippen molar-refractivity contribution in [1.29, 1.82) is 0 Å². The van der Waals surface area contributed by atoms with Crippen molar-refractivity contribution in [2.24, 2.45) is 10.7 Å². The molecule has 0 spiro atoms. The summed E-state index contributed by atoms with van der Waals surface area (Å²) in [6.07, 6.45) is 1.82. The summed E-state index contributed by atoms with van der Waals surface area (Å²) in [5.41, 5.74) is 6.58. The van der Waals surface area contributed by atoms with Gasteiger partial charge in [0.15, 0.2) is 5.96 Å². The molecule has 0 aliphatic rings. The molecule has 0 heterocycles. The normalized spacial score (nSPS) is 11.9. The Balaban J connectivity index is 0.00000484. The predicted octanol–water partition coefficient (Wildman–Crippen LogP) is 1.71. The molecule has 0 bridgehead atoms. The van der Waals surface area contributed by atoms with Crippen LogP contribution in [0, 0.1) is 0 Å². The van der Waals surface area contributed by atoms with E-state index < -0.39 is 10.0 Å². The molecule has 0 amide bonds. The van der Waals surface area contributed by atoms with Crippen LogP contribution in [0.2, 0.25) is 0 Å². The zero-order valence-corrected chi connectivity index (χ0v) is 16.8. The topological polar surface area (TPSA) is 97.0 Å². The summed E-state index contributed by atoms with van der Waals surface area (Å²) in [4.78, 5) is 4.18. The molecule has 1 aromatic rings. The highest BCUT2D eigenvalue weighted by molar-refractivity contribution is 14.0. The number of sulfonamides is 1. The summed E-state index contributed by atoms with van der Waals surface area (Å²) in [6.45, 7) is 3.16. The Labute approximate surface area is 155 Å². The van der Waals surface area contributed by atoms with Crippen LogP contribution in [0.15, 0.2) is 29.3 Å². The van der Waals surface area contributed by atoms with Gasteiger partial charge >= 0.3 is 0 Å². The van der Waals surface area contributed by atoms with Gasteiger partial charge in [0, 0.05) is 31.4 Å². The number of hydrogen-bond donors (Lipinski definition) is 2. The first-order chi connectivity index (χ1) is 10.4. The SMILES string of the molecule is CCN(CCCN=C(N)Nc1cccc(OC)c1)S(C)(=O)=O.I. The van der Waals surface area contributed by atoms with Crippen LogP contribution >= 0.6 is 24.0 Å². The van der Waals surface area contributed by atoms with Crippen molar-refractivity contribution in [1.82, 2.24) is 4.31 Å². The molecule has 0 atom stereocenters. The number of nitrogens with one attached hydrogen (secondary N) is 1. The molecule has 0 aliphatic carbocycles. The molecule has 1 aromatic carbocycles. The van der Waals surface area contributed by atoms with Gasteiger partial charge in [0.05, 0.1) is 13.4 Å². The lowest BCUT2D eigenvalue weighted by Gasteiger charge is -2.16. The number of rotatable bonds is 8. The maximum Gasteiger partial charge on any atom is 0.211 e. The molecule has 0 aromatic heterocycles. The van der Waals surface area contributed by atoms with Gasteiger partial charge in [-0.2, -0.15) is 0 Å². The van der Waals surface area contributed by atoms with Crippen molar-refractivity contribution >= 4 is 45.6 Å². The second-order valence-electron chi connectivity index (χ2n) is 4.73. The summed E-state index contributed by atoms with van der Waals surface area (Å²) in [5.74, 6) is 1.01. The van der Waals surface area contributed by atoms with E-state index in [1.807, 2.05) is 31.2 Å². The number of halogens is 1. The monoisotopic (exact) mass is 456 g/mol. The Morgan fingerprint density at radius 2 is 2.13 bits per heavy atom. The molecule has 0 fully saturated rings. The number of ether oxygens (including phenoxy) is 1. The van der Waals surface area contributed by atoms with Gasteiger partial charge in [0.25, 0.3) is 0 Å². The summed E-state index contributed by atoms with van der Waals surface area (Å²) in [6, 6.07) is 7.35. The Bertz CT molecular complexity index is 608. The largest absolute Gasteiger partial charge is 0.497 e. The molecule has 0 aliphatic heterocycles. The van der Waals surface area contributed by atoms with E-state index in [9.17, 15) is 8.42 Å². The fourth-order valence-electron chi connectivity index (χ4n) is 1.89. The van der Waals surface area contributed by atoms with E-state index in [2.05, 4.69) is 10.3 Å². The maximum absolute atomic E-state index is 11.4. The van der Waals surface area contributed by atoms with Gasteiger partial charge in [-0.25, -0.2) is 12.7 Å². The standard InChI is InChI=1S/C14H24N4O3S.HI/c1-4-18(22(3,19)20)10-6-9-16-14(15)17-12-7-5-8-13(11-12)21-2;/h5,7-8,11H,4,6,9-10H2,1-3H3,(H3,15,16,17);1H. The van der Waals surface area contributed by atoms with E-state index in [0.717, 1.165) is 11.4 Å². The lowest BCUT2D eigenvalue weighted by molar-refractivity contribution is 0.415. The van der Waals surface area contributed by atoms with Crippen molar-refractivity contribution in [2.75, 3.05) is 38.3 Å². The highest BCUT2D eigenvalue weighted by Crippen LogP contribution is 2.16. The minimum atomic E-state index is -3.15. The average molecular weight is 456 g/mol. The fraction of sp³-hybridized carbons (Fsp3) is 0.500. The van der Waals surface area contributed by atoms with Gasteiger partial charge in [-0.1, -0.05) is 13.0 Å². The maximum atomic E-state index is 11.4. The van der Waals surface area contributed by atoms with Gasteiger partial charge in [-0.05, 0) is 18.6 Å². The molecule has 132 valence electrons. The fourth-order valence-corrected chi connectivity index (χ4v) is 2.82.